The Bertz CT molecular complexity index is 640. The fraction of sp³-hybridized carbons (Fsp3) is 0.667. The van der Waals surface area contributed by atoms with Crippen LogP contribution in [0.5, 0.6) is 5.75 Å². The highest BCUT2D eigenvalue weighted by Gasteiger charge is 2.21. The molecule has 1 atom stereocenters. The highest BCUT2D eigenvalue weighted by molar-refractivity contribution is 5.95. The highest BCUT2D eigenvalue weighted by atomic mass is 16.5. The molecule has 0 fully saturated rings. The summed E-state index contributed by atoms with van der Waals surface area (Å²) in [5, 5.41) is 13.9. The van der Waals surface area contributed by atoms with Gasteiger partial charge >= 0.3 is 0 Å². The van der Waals surface area contributed by atoms with Crippen LogP contribution in [0.2, 0.25) is 0 Å². The maximum Gasteiger partial charge on any atom is 0.251 e. The van der Waals surface area contributed by atoms with E-state index in [-0.39, 0.29) is 12.3 Å². The summed E-state index contributed by atoms with van der Waals surface area (Å²) in [5.74, 6) is -0.808. The van der Waals surface area contributed by atoms with E-state index in [0.717, 1.165) is 12.8 Å². The SMILES string of the molecule is CCCCCCCCCCOc1cccc(C(=O)N[C@H](CC(=O)[O-])C[N+](C)(C)C)c1. The molecule has 0 radical (unpaired) electrons. The second-order valence-electron chi connectivity index (χ2n) is 9.07. The van der Waals surface area contributed by atoms with Crippen molar-refractivity contribution in [3.63, 3.8) is 0 Å². The standard InChI is InChI=1S/C24H40N2O4/c1-5-6-7-8-9-10-11-12-16-30-22-15-13-14-20(17-22)24(29)25-21(18-23(27)28)19-26(2,3)4/h13-15,17,21H,5-12,16,18-19H2,1-4H3,(H-,25,27,28,29)/t21-/m1/s1. The molecule has 0 saturated heterocycles. The van der Waals surface area contributed by atoms with Gasteiger partial charge in [0.2, 0.25) is 0 Å². The van der Waals surface area contributed by atoms with E-state index >= 15 is 0 Å². The Kier molecular flexibility index (Phi) is 12.1. The van der Waals surface area contributed by atoms with Crippen LogP contribution in [-0.4, -0.2) is 56.7 Å². The molecule has 6 heteroatoms. The van der Waals surface area contributed by atoms with E-state index in [0.29, 0.717) is 28.9 Å². The topological polar surface area (TPSA) is 78.5 Å². The molecular weight excluding hydrogens is 380 g/mol. The molecule has 0 bridgehead atoms. The Hall–Kier alpha value is -2.08. The van der Waals surface area contributed by atoms with Gasteiger partial charge in [-0.3, -0.25) is 4.79 Å². The molecule has 0 aromatic heterocycles. The van der Waals surface area contributed by atoms with Crippen LogP contribution in [0.25, 0.3) is 0 Å². The molecule has 1 rings (SSSR count). The number of hydrogen-bond acceptors (Lipinski definition) is 4. The van der Waals surface area contributed by atoms with E-state index in [2.05, 4.69) is 12.2 Å². The molecule has 0 heterocycles. The van der Waals surface area contributed by atoms with Crippen molar-refractivity contribution in [3.8, 4) is 5.75 Å². The number of quaternary nitrogens is 1. The van der Waals surface area contributed by atoms with E-state index in [1.165, 1.54) is 38.5 Å². The summed E-state index contributed by atoms with van der Waals surface area (Å²) in [7, 11) is 5.86. The third-order valence-electron chi connectivity index (χ3n) is 4.88. The number of carbonyl (C=O) groups is 2. The molecule has 0 aliphatic rings. The first kappa shape index (κ1) is 26.0. The lowest BCUT2D eigenvalue weighted by molar-refractivity contribution is -0.871. The maximum absolute atomic E-state index is 12.6. The molecule has 0 unspecified atom stereocenters. The molecule has 6 nitrogen and oxygen atoms in total. The van der Waals surface area contributed by atoms with Gasteiger partial charge in [0, 0.05) is 18.0 Å². The van der Waals surface area contributed by atoms with E-state index < -0.39 is 12.0 Å². The minimum Gasteiger partial charge on any atom is -0.550 e. The summed E-state index contributed by atoms with van der Waals surface area (Å²) in [6.07, 6.45) is 9.73. The van der Waals surface area contributed by atoms with Gasteiger partial charge in [-0.05, 0) is 24.6 Å². The number of hydrogen-bond donors (Lipinski definition) is 1. The summed E-state index contributed by atoms with van der Waals surface area (Å²) in [6.45, 7) is 3.36. The first-order valence-electron chi connectivity index (χ1n) is 11.3. The van der Waals surface area contributed by atoms with Crippen molar-refractivity contribution in [2.24, 2.45) is 0 Å². The van der Waals surface area contributed by atoms with E-state index in [9.17, 15) is 14.7 Å². The lowest BCUT2D eigenvalue weighted by atomic mass is 10.1. The van der Waals surface area contributed by atoms with Crippen molar-refractivity contribution in [2.45, 2.75) is 70.8 Å². The largest absolute Gasteiger partial charge is 0.550 e. The number of carboxylic acid groups (broad SMARTS) is 1. The van der Waals surface area contributed by atoms with Gasteiger partial charge in [0.05, 0.1) is 40.3 Å². The second-order valence-corrected chi connectivity index (χ2v) is 9.07. The van der Waals surface area contributed by atoms with E-state index in [1.54, 1.807) is 18.2 Å². The van der Waals surface area contributed by atoms with Crippen molar-refractivity contribution in [1.82, 2.24) is 5.32 Å². The number of carboxylic acids is 1. The van der Waals surface area contributed by atoms with Gasteiger partial charge < -0.3 is 24.4 Å². The molecular formula is C24H40N2O4. The zero-order valence-corrected chi connectivity index (χ0v) is 19.2. The third kappa shape index (κ3) is 12.5. The van der Waals surface area contributed by atoms with Gasteiger partial charge in [-0.2, -0.15) is 0 Å². The van der Waals surface area contributed by atoms with E-state index in [4.69, 9.17) is 4.74 Å². The summed E-state index contributed by atoms with van der Waals surface area (Å²) in [5.41, 5.74) is 0.466. The van der Waals surface area contributed by atoms with Gasteiger partial charge in [0.15, 0.2) is 0 Å². The second kappa shape index (κ2) is 14.0. The van der Waals surface area contributed by atoms with Crippen LogP contribution in [0.15, 0.2) is 24.3 Å². The molecule has 170 valence electrons. The Morgan fingerprint density at radius 2 is 1.67 bits per heavy atom. The average molecular weight is 421 g/mol. The number of nitrogens with zero attached hydrogens (tertiary/aromatic N) is 1. The molecule has 1 aromatic carbocycles. The predicted octanol–water partition coefficient (Wildman–Crippen LogP) is 3.15. The smallest absolute Gasteiger partial charge is 0.251 e. The number of amides is 1. The fourth-order valence-electron chi connectivity index (χ4n) is 3.45. The van der Waals surface area contributed by atoms with Crippen LogP contribution in [0.4, 0.5) is 0 Å². The number of nitrogens with one attached hydrogen (secondary N) is 1. The molecule has 1 aromatic rings. The van der Waals surface area contributed by atoms with Crippen molar-refractivity contribution in [3.05, 3.63) is 29.8 Å². The van der Waals surface area contributed by atoms with Crippen molar-refractivity contribution >= 4 is 11.9 Å². The first-order valence-corrected chi connectivity index (χ1v) is 11.3. The Balaban J connectivity index is 2.45. The number of aliphatic carboxylic acids is 1. The van der Waals surface area contributed by atoms with Gasteiger partial charge in [0.25, 0.3) is 5.91 Å². The highest BCUT2D eigenvalue weighted by Crippen LogP contribution is 2.15. The Morgan fingerprint density at radius 3 is 2.27 bits per heavy atom. The number of ether oxygens (including phenoxy) is 1. The van der Waals surface area contributed by atoms with E-state index in [1.807, 2.05) is 27.2 Å². The molecule has 0 aliphatic carbocycles. The third-order valence-corrected chi connectivity index (χ3v) is 4.88. The maximum atomic E-state index is 12.6. The van der Waals surface area contributed by atoms with Crippen LogP contribution in [0.3, 0.4) is 0 Å². The first-order chi connectivity index (χ1) is 14.2. The normalized spacial score (nSPS) is 12.4. The van der Waals surface area contributed by atoms with Crippen molar-refractivity contribution in [2.75, 3.05) is 34.3 Å². The number of rotatable bonds is 16. The Morgan fingerprint density at radius 1 is 1.03 bits per heavy atom. The average Bonchev–Trinajstić information content (AvgIpc) is 2.65. The van der Waals surface area contributed by atoms with Crippen LogP contribution in [-0.2, 0) is 4.79 Å². The molecule has 1 N–H and O–H groups in total. The summed E-state index contributed by atoms with van der Waals surface area (Å²) in [6, 6.07) is 6.55. The summed E-state index contributed by atoms with van der Waals surface area (Å²) in [4.78, 5) is 23.6. The van der Waals surface area contributed by atoms with Crippen LogP contribution in [0, 0.1) is 0 Å². The lowest BCUT2D eigenvalue weighted by Crippen LogP contribution is -2.50. The molecule has 30 heavy (non-hydrogen) atoms. The Labute approximate surface area is 182 Å². The zero-order valence-electron chi connectivity index (χ0n) is 19.2. The van der Waals surface area contributed by atoms with Crippen molar-refractivity contribution in [1.29, 1.82) is 0 Å². The molecule has 0 aliphatic heterocycles. The summed E-state index contributed by atoms with van der Waals surface area (Å²) >= 11 is 0. The fourth-order valence-corrected chi connectivity index (χ4v) is 3.45. The van der Waals surface area contributed by atoms with Crippen LogP contribution >= 0.6 is 0 Å². The van der Waals surface area contributed by atoms with Gasteiger partial charge in [-0.25, -0.2) is 0 Å². The van der Waals surface area contributed by atoms with Gasteiger partial charge in [-0.1, -0.05) is 57.9 Å². The monoisotopic (exact) mass is 420 g/mol. The number of carbonyl (C=O) groups excluding carboxylic acids is 2. The molecule has 1 amide bonds. The molecule has 0 saturated carbocycles. The lowest BCUT2D eigenvalue weighted by Gasteiger charge is -2.30. The minimum absolute atomic E-state index is 0.212. The van der Waals surface area contributed by atoms with Gasteiger partial charge in [0.1, 0.15) is 5.75 Å². The zero-order chi connectivity index (χ0) is 22.4. The quantitative estimate of drug-likeness (QED) is 0.329. The van der Waals surface area contributed by atoms with Gasteiger partial charge in [-0.15, -0.1) is 0 Å². The van der Waals surface area contributed by atoms with Crippen LogP contribution < -0.4 is 15.2 Å². The summed E-state index contributed by atoms with van der Waals surface area (Å²) < 4.78 is 6.35. The number of unbranched alkanes of at least 4 members (excludes halogenated alkanes) is 7. The molecule has 0 spiro atoms. The minimum atomic E-state index is -1.17. The number of likely N-dealkylation sites (N-methyl/N-ethyl adjacent to an activating group) is 1. The predicted molar refractivity (Wildman–Crippen MR) is 118 cm³/mol. The number of benzene rings is 1. The van der Waals surface area contributed by atoms with Crippen molar-refractivity contribution < 1.29 is 23.9 Å². The van der Waals surface area contributed by atoms with Crippen LogP contribution in [0.1, 0.15) is 75.1 Å².